The lowest BCUT2D eigenvalue weighted by atomic mass is 10.2. The fraction of sp³-hybridized carbons (Fsp3) is 0.667. The summed E-state index contributed by atoms with van der Waals surface area (Å²) in [5, 5.41) is 9.03. The highest BCUT2D eigenvalue weighted by Gasteiger charge is 2.31. The van der Waals surface area contributed by atoms with E-state index >= 15 is 0 Å². The first-order chi connectivity index (χ1) is 8.58. The molecule has 0 bridgehead atoms. The zero-order valence-electron chi connectivity index (χ0n) is 10.9. The molecule has 0 aliphatic carbocycles. The number of rotatable bonds is 4. The topological polar surface area (TPSA) is 88.2 Å². The second-order valence-electron chi connectivity index (χ2n) is 4.21. The second kappa shape index (κ2) is 7.13. The standard InChI is InChI=1S/C12H21N3O3/c1-3-4-7-15(12(17)14-9(2)13)11-6-5-10(8-16)18-11/h4,7,10-11,16H,3,5-6,8H2,1-2H3,(H2,13,14,17)/b7-4+. The molecule has 1 rings (SSSR count). The molecule has 1 heterocycles. The van der Waals surface area contributed by atoms with Crippen LogP contribution in [0.25, 0.3) is 0 Å². The molecule has 2 amide bonds. The summed E-state index contributed by atoms with van der Waals surface area (Å²) in [6.45, 7) is 3.50. The van der Waals surface area contributed by atoms with Gasteiger partial charge in [0.2, 0.25) is 0 Å². The highest BCUT2D eigenvalue weighted by Crippen LogP contribution is 2.23. The van der Waals surface area contributed by atoms with Crippen molar-refractivity contribution in [2.75, 3.05) is 6.61 Å². The van der Waals surface area contributed by atoms with Crippen LogP contribution in [0.5, 0.6) is 0 Å². The van der Waals surface area contributed by atoms with Gasteiger partial charge in [-0.05, 0) is 26.2 Å². The minimum absolute atomic E-state index is 0.0325. The Hall–Kier alpha value is -1.40. The van der Waals surface area contributed by atoms with Gasteiger partial charge in [-0.25, -0.2) is 4.79 Å². The van der Waals surface area contributed by atoms with E-state index in [9.17, 15) is 4.79 Å². The molecule has 1 fully saturated rings. The number of allylic oxidation sites excluding steroid dienone is 1. The molecular formula is C12H21N3O3. The second-order valence-corrected chi connectivity index (χ2v) is 4.21. The van der Waals surface area contributed by atoms with E-state index in [-0.39, 0.29) is 24.8 Å². The summed E-state index contributed by atoms with van der Waals surface area (Å²) in [6.07, 6.45) is 5.17. The van der Waals surface area contributed by atoms with Gasteiger partial charge in [0.1, 0.15) is 12.1 Å². The number of hydrogen-bond acceptors (Lipinski definition) is 3. The Morgan fingerprint density at radius 2 is 2.33 bits per heavy atom. The lowest BCUT2D eigenvalue weighted by Gasteiger charge is -2.23. The number of aliphatic imine (C=N–C) groups is 1. The van der Waals surface area contributed by atoms with Gasteiger partial charge >= 0.3 is 6.03 Å². The van der Waals surface area contributed by atoms with Gasteiger partial charge in [0.25, 0.3) is 0 Å². The Bertz CT molecular complexity index is 337. The van der Waals surface area contributed by atoms with Gasteiger partial charge in [-0.2, -0.15) is 4.99 Å². The van der Waals surface area contributed by atoms with Crippen LogP contribution in [0.4, 0.5) is 4.79 Å². The SMILES string of the molecule is CC/C=C/N(C(=O)/N=C(\C)N)C1CCC(CO)O1. The first-order valence-electron chi connectivity index (χ1n) is 6.14. The molecule has 102 valence electrons. The molecule has 3 N–H and O–H groups in total. The summed E-state index contributed by atoms with van der Waals surface area (Å²) in [4.78, 5) is 17.0. The normalized spacial score (nSPS) is 24.7. The van der Waals surface area contributed by atoms with Crippen LogP contribution < -0.4 is 5.73 Å². The highest BCUT2D eigenvalue weighted by atomic mass is 16.5. The number of ether oxygens (including phenoxy) is 1. The fourth-order valence-electron chi connectivity index (χ4n) is 1.74. The van der Waals surface area contributed by atoms with Crippen LogP contribution in [0.2, 0.25) is 0 Å². The summed E-state index contributed by atoms with van der Waals surface area (Å²) in [7, 11) is 0. The number of urea groups is 1. The smallest absolute Gasteiger partial charge is 0.351 e. The summed E-state index contributed by atoms with van der Waals surface area (Å²) >= 11 is 0. The Morgan fingerprint density at radius 3 is 2.83 bits per heavy atom. The van der Waals surface area contributed by atoms with Gasteiger partial charge in [0.05, 0.1) is 12.7 Å². The Morgan fingerprint density at radius 1 is 1.61 bits per heavy atom. The van der Waals surface area contributed by atoms with E-state index in [0.717, 1.165) is 12.8 Å². The lowest BCUT2D eigenvalue weighted by Crippen LogP contribution is -2.35. The molecule has 6 nitrogen and oxygen atoms in total. The van der Waals surface area contributed by atoms with Gasteiger partial charge in [0, 0.05) is 6.20 Å². The highest BCUT2D eigenvalue weighted by molar-refractivity contribution is 5.91. The predicted molar refractivity (Wildman–Crippen MR) is 68.9 cm³/mol. The average molecular weight is 255 g/mol. The summed E-state index contributed by atoms with van der Waals surface area (Å²) in [5.41, 5.74) is 5.41. The third-order valence-corrected chi connectivity index (χ3v) is 2.59. The maximum Gasteiger partial charge on any atom is 0.351 e. The average Bonchev–Trinajstić information content (AvgIpc) is 2.77. The molecule has 0 aromatic rings. The minimum atomic E-state index is -0.441. The van der Waals surface area contributed by atoms with E-state index in [1.807, 2.05) is 13.0 Å². The monoisotopic (exact) mass is 255 g/mol. The molecule has 0 spiro atoms. The number of aliphatic hydroxyl groups excluding tert-OH is 1. The maximum absolute atomic E-state index is 11.9. The van der Waals surface area contributed by atoms with E-state index in [1.165, 1.54) is 4.90 Å². The van der Waals surface area contributed by atoms with Crippen molar-refractivity contribution < 1.29 is 14.6 Å². The van der Waals surface area contributed by atoms with Gasteiger partial charge in [-0.3, -0.25) is 4.90 Å². The van der Waals surface area contributed by atoms with E-state index < -0.39 is 6.03 Å². The van der Waals surface area contributed by atoms with Crippen molar-refractivity contribution in [2.45, 2.75) is 45.4 Å². The molecule has 0 radical (unpaired) electrons. The number of amidine groups is 1. The van der Waals surface area contributed by atoms with E-state index in [1.54, 1.807) is 13.1 Å². The van der Waals surface area contributed by atoms with Crippen molar-refractivity contribution in [1.82, 2.24) is 4.90 Å². The first-order valence-corrected chi connectivity index (χ1v) is 6.14. The van der Waals surface area contributed by atoms with Crippen molar-refractivity contribution in [3.05, 3.63) is 12.3 Å². The van der Waals surface area contributed by atoms with Crippen molar-refractivity contribution in [3.63, 3.8) is 0 Å². The van der Waals surface area contributed by atoms with E-state index in [2.05, 4.69) is 4.99 Å². The van der Waals surface area contributed by atoms with Crippen LogP contribution in [0.1, 0.15) is 33.1 Å². The quantitative estimate of drug-likeness (QED) is 0.583. The number of nitrogens with two attached hydrogens (primary N) is 1. The van der Waals surface area contributed by atoms with Crippen LogP contribution in [0.15, 0.2) is 17.3 Å². The van der Waals surface area contributed by atoms with E-state index in [4.69, 9.17) is 15.6 Å². The zero-order valence-corrected chi connectivity index (χ0v) is 10.9. The number of hydrogen-bond donors (Lipinski definition) is 2. The van der Waals surface area contributed by atoms with Crippen molar-refractivity contribution >= 4 is 11.9 Å². The van der Waals surface area contributed by atoms with Crippen LogP contribution in [-0.2, 0) is 4.74 Å². The molecule has 6 heteroatoms. The third-order valence-electron chi connectivity index (χ3n) is 2.59. The van der Waals surface area contributed by atoms with Crippen molar-refractivity contribution in [1.29, 1.82) is 0 Å². The van der Waals surface area contributed by atoms with Gasteiger partial charge in [-0.1, -0.05) is 13.0 Å². The van der Waals surface area contributed by atoms with Crippen LogP contribution in [-0.4, -0.2) is 40.8 Å². The zero-order chi connectivity index (χ0) is 13.5. The van der Waals surface area contributed by atoms with Crippen molar-refractivity contribution in [2.24, 2.45) is 10.7 Å². The van der Waals surface area contributed by atoms with Crippen LogP contribution in [0, 0.1) is 0 Å². The molecule has 0 aromatic carbocycles. The van der Waals surface area contributed by atoms with Crippen LogP contribution >= 0.6 is 0 Å². The first kappa shape index (κ1) is 14.7. The lowest BCUT2D eigenvalue weighted by molar-refractivity contribution is -0.0349. The largest absolute Gasteiger partial charge is 0.394 e. The summed E-state index contributed by atoms with van der Waals surface area (Å²) in [6, 6.07) is -0.441. The number of nitrogens with zero attached hydrogens (tertiary/aromatic N) is 2. The van der Waals surface area contributed by atoms with Gasteiger partial charge < -0.3 is 15.6 Å². The Labute approximate surface area is 107 Å². The third kappa shape index (κ3) is 4.12. The van der Waals surface area contributed by atoms with Gasteiger partial charge in [0.15, 0.2) is 0 Å². The summed E-state index contributed by atoms with van der Waals surface area (Å²) in [5.74, 6) is 0.214. The molecular weight excluding hydrogens is 234 g/mol. The molecule has 18 heavy (non-hydrogen) atoms. The molecule has 2 atom stereocenters. The van der Waals surface area contributed by atoms with Crippen molar-refractivity contribution in [3.8, 4) is 0 Å². The number of aliphatic hydroxyl groups is 1. The molecule has 2 unspecified atom stereocenters. The van der Waals surface area contributed by atoms with Crippen LogP contribution in [0.3, 0.4) is 0 Å². The molecule has 1 aliphatic rings. The van der Waals surface area contributed by atoms with Gasteiger partial charge in [-0.15, -0.1) is 0 Å². The summed E-state index contributed by atoms with van der Waals surface area (Å²) < 4.78 is 5.57. The minimum Gasteiger partial charge on any atom is -0.394 e. The number of carbonyl (C=O) groups is 1. The molecule has 1 saturated heterocycles. The molecule has 0 saturated carbocycles. The molecule has 0 aromatic heterocycles. The number of carbonyl (C=O) groups excluding carboxylic acids is 1. The number of amides is 2. The Balaban J connectivity index is 2.76. The fourth-order valence-corrected chi connectivity index (χ4v) is 1.74. The predicted octanol–water partition coefficient (Wildman–Crippen LogP) is 1.21. The Kier molecular flexibility index (Phi) is 5.80. The maximum atomic E-state index is 11.9. The molecule has 1 aliphatic heterocycles. The van der Waals surface area contributed by atoms with E-state index in [0.29, 0.717) is 6.42 Å².